The predicted octanol–water partition coefficient (Wildman–Crippen LogP) is 3.64. The van der Waals surface area contributed by atoms with Gasteiger partial charge in [-0.3, -0.25) is 9.36 Å². The standard InChI is InChI=1S/C23H26FN5O3/c1-28-11-5-16(6-12-28)22(30)27-21-15-19(4-9-25-21)32-18-2-3-20-17(14-18)7-13-29(20)23(31)26-10-8-24/h2-4,7,9,13-16H,5-6,8,10-12H2,1H3,(H,26,31)(H,25,27,30). The first-order valence-corrected chi connectivity index (χ1v) is 10.6. The Hall–Kier alpha value is -3.46. The molecule has 1 aliphatic rings. The molecule has 3 aromatic rings. The van der Waals surface area contributed by atoms with E-state index in [2.05, 4.69) is 27.6 Å². The number of ether oxygens (including phenoxy) is 1. The van der Waals surface area contributed by atoms with Crippen LogP contribution in [0.25, 0.3) is 10.9 Å². The summed E-state index contributed by atoms with van der Waals surface area (Å²) in [5.74, 6) is 1.54. The van der Waals surface area contributed by atoms with Gasteiger partial charge in [0.1, 0.15) is 24.0 Å². The van der Waals surface area contributed by atoms with Crippen LogP contribution in [0.4, 0.5) is 15.0 Å². The van der Waals surface area contributed by atoms with E-state index in [0.717, 1.165) is 31.3 Å². The van der Waals surface area contributed by atoms with Crippen molar-refractivity contribution < 1.29 is 18.7 Å². The van der Waals surface area contributed by atoms with Crippen molar-refractivity contribution in [1.82, 2.24) is 19.8 Å². The minimum absolute atomic E-state index is 0.00822. The number of nitrogens with zero attached hydrogens (tertiary/aromatic N) is 3. The maximum Gasteiger partial charge on any atom is 0.326 e. The number of hydrogen-bond donors (Lipinski definition) is 2. The molecular weight excluding hydrogens is 413 g/mol. The molecule has 32 heavy (non-hydrogen) atoms. The van der Waals surface area contributed by atoms with E-state index in [4.69, 9.17) is 4.74 Å². The molecule has 0 bridgehead atoms. The van der Waals surface area contributed by atoms with Crippen molar-refractivity contribution in [3.63, 3.8) is 0 Å². The molecule has 0 radical (unpaired) electrons. The van der Waals surface area contributed by atoms with Crippen molar-refractivity contribution in [3.8, 4) is 11.5 Å². The molecule has 0 atom stereocenters. The van der Waals surface area contributed by atoms with Gasteiger partial charge in [-0.05, 0) is 63.3 Å². The van der Waals surface area contributed by atoms with Gasteiger partial charge in [-0.2, -0.15) is 0 Å². The monoisotopic (exact) mass is 439 g/mol. The van der Waals surface area contributed by atoms with Crippen molar-refractivity contribution >= 4 is 28.7 Å². The smallest absolute Gasteiger partial charge is 0.326 e. The molecule has 1 aliphatic heterocycles. The van der Waals surface area contributed by atoms with E-state index in [1.54, 1.807) is 42.7 Å². The molecule has 2 aromatic heterocycles. The van der Waals surface area contributed by atoms with Gasteiger partial charge >= 0.3 is 6.03 Å². The molecule has 3 heterocycles. The number of benzene rings is 1. The fourth-order valence-corrected chi connectivity index (χ4v) is 3.78. The van der Waals surface area contributed by atoms with Crippen LogP contribution in [-0.4, -0.2) is 59.7 Å². The van der Waals surface area contributed by atoms with E-state index in [0.29, 0.717) is 22.8 Å². The summed E-state index contributed by atoms with van der Waals surface area (Å²) < 4.78 is 19.7. The fourth-order valence-electron chi connectivity index (χ4n) is 3.78. The lowest BCUT2D eigenvalue weighted by Crippen LogP contribution is -2.36. The summed E-state index contributed by atoms with van der Waals surface area (Å²) in [5.41, 5.74) is 0.689. The van der Waals surface area contributed by atoms with Crippen molar-refractivity contribution in [1.29, 1.82) is 0 Å². The number of piperidine rings is 1. The topological polar surface area (TPSA) is 88.5 Å². The maximum atomic E-state index is 12.5. The van der Waals surface area contributed by atoms with E-state index in [-0.39, 0.29) is 24.4 Å². The summed E-state index contributed by atoms with van der Waals surface area (Å²) in [7, 11) is 2.06. The molecule has 2 amide bonds. The Kier molecular flexibility index (Phi) is 6.65. The Morgan fingerprint density at radius 2 is 1.94 bits per heavy atom. The van der Waals surface area contributed by atoms with Crippen LogP contribution < -0.4 is 15.4 Å². The van der Waals surface area contributed by atoms with Gasteiger partial charge in [0.15, 0.2) is 0 Å². The Bertz CT molecular complexity index is 1110. The molecule has 2 N–H and O–H groups in total. The first-order valence-electron chi connectivity index (χ1n) is 10.6. The zero-order valence-corrected chi connectivity index (χ0v) is 17.9. The van der Waals surface area contributed by atoms with Crippen LogP contribution in [0.15, 0.2) is 48.8 Å². The number of alkyl halides is 1. The van der Waals surface area contributed by atoms with Gasteiger partial charge in [0.25, 0.3) is 0 Å². The lowest BCUT2D eigenvalue weighted by molar-refractivity contribution is -0.121. The van der Waals surface area contributed by atoms with Crippen LogP contribution >= 0.6 is 0 Å². The second kappa shape index (κ2) is 9.78. The van der Waals surface area contributed by atoms with Gasteiger partial charge in [-0.1, -0.05) is 0 Å². The minimum Gasteiger partial charge on any atom is -0.457 e. The van der Waals surface area contributed by atoms with Crippen LogP contribution in [-0.2, 0) is 4.79 Å². The SMILES string of the molecule is CN1CCC(C(=O)Nc2cc(Oc3ccc4c(ccn4C(=O)NCCF)c3)ccn2)CC1. The highest BCUT2D eigenvalue weighted by molar-refractivity contribution is 5.93. The number of carbonyl (C=O) groups is 2. The Morgan fingerprint density at radius 1 is 1.16 bits per heavy atom. The van der Waals surface area contributed by atoms with Gasteiger partial charge in [-0.25, -0.2) is 14.2 Å². The van der Waals surface area contributed by atoms with E-state index in [1.165, 1.54) is 4.57 Å². The van der Waals surface area contributed by atoms with Crippen LogP contribution in [0.1, 0.15) is 12.8 Å². The third-order valence-corrected chi connectivity index (χ3v) is 5.56. The van der Waals surface area contributed by atoms with Crippen molar-refractivity contribution in [2.75, 3.05) is 38.7 Å². The molecule has 4 rings (SSSR count). The first-order chi connectivity index (χ1) is 15.5. The van der Waals surface area contributed by atoms with Gasteiger partial charge in [0.2, 0.25) is 5.91 Å². The number of halogens is 1. The molecule has 0 unspecified atom stereocenters. The van der Waals surface area contributed by atoms with Crippen molar-refractivity contribution in [3.05, 3.63) is 48.8 Å². The molecule has 0 spiro atoms. The number of likely N-dealkylation sites (tertiary alicyclic amines) is 1. The highest BCUT2D eigenvalue weighted by Gasteiger charge is 2.23. The lowest BCUT2D eigenvalue weighted by Gasteiger charge is -2.27. The molecule has 1 saturated heterocycles. The van der Waals surface area contributed by atoms with Gasteiger partial charge < -0.3 is 20.3 Å². The number of aromatic nitrogens is 2. The summed E-state index contributed by atoms with van der Waals surface area (Å²) in [4.78, 5) is 31.1. The molecule has 9 heteroatoms. The molecule has 0 saturated carbocycles. The quantitative estimate of drug-likeness (QED) is 0.612. The number of rotatable bonds is 6. The van der Waals surface area contributed by atoms with E-state index >= 15 is 0 Å². The third kappa shape index (κ3) is 5.05. The largest absolute Gasteiger partial charge is 0.457 e. The maximum absolute atomic E-state index is 12.5. The van der Waals surface area contributed by atoms with Gasteiger partial charge in [-0.15, -0.1) is 0 Å². The minimum atomic E-state index is -0.616. The first kappa shape index (κ1) is 21.8. The number of fused-ring (bicyclic) bond motifs is 1. The zero-order chi connectivity index (χ0) is 22.5. The van der Waals surface area contributed by atoms with Crippen LogP contribution in [0.5, 0.6) is 11.5 Å². The number of amides is 2. The number of carbonyl (C=O) groups excluding carboxylic acids is 2. The zero-order valence-electron chi connectivity index (χ0n) is 17.9. The van der Waals surface area contributed by atoms with Gasteiger partial charge in [0.05, 0.1) is 5.52 Å². The third-order valence-electron chi connectivity index (χ3n) is 5.56. The van der Waals surface area contributed by atoms with Crippen LogP contribution in [0.3, 0.4) is 0 Å². The normalized spacial score (nSPS) is 14.9. The summed E-state index contributed by atoms with van der Waals surface area (Å²) in [6, 6.07) is 10.1. The van der Waals surface area contributed by atoms with E-state index in [1.807, 2.05) is 6.07 Å². The number of hydrogen-bond acceptors (Lipinski definition) is 5. The molecule has 1 fully saturated rings. The van der Waals surface area contributed by atoms with Crippen molar-refractivity contribution in [2.24, 2.45) is 5.92 Å². The summed E-state index contributed by atoms with van der Waals surface area (Å²) in [5, 5.41) is 6.20. The second-order valence-electron chi connectivity index (χ2n) is 7.87. The highest BCUT2D eigenvalue weighted by atomic mass is 19.1. The lowest BCUT2D eigenvalue weighted by atomic mass is 9.96. The van der Waals surface area contributed by atoms with Crippen LogP contribution in [0.2, 0.25) is 0 Å². The van der Waals surface area contributed by atoms with Crippen LogP contribution in [0, 0.1) is 5.92 Å². The predicted molar refractivity (Wildman–Crippen MR) is 120 cm³/mol. The highest BCUT2D eigenvalue weighted by Crippen LogP contribution is 2.27. The Morgan fingerprint density at radius 3 is 2.72 bits per heavy atom. The summed E-state index contributed by atoms with van der Waals surface area (Å²) >= 11 is 0. The molecule has 168 valence electrons. The van der Waals surface area contributed by atoms with Gasteiger partial charge in [0, 0.05) is 36.3 Å². The fraction of sp³-hybridized carbons (Fsp3) is 0.348. The molecule has 0 aliphatic carbocycles. The van der Waals surface area contributed by atoms with E-state index in [9.17, 15) is 14.0 Å². The Balaban J connectivity index is 1.43. The van der Waals surface area contributed by atoms with E-state index < -0.39 is 6.67 Å². The molecular formula is C23H26FN5O3. The molecule has 1 aromatic carbocycles. The average Bonchev–Trinajstić information content (AvgIpc) is 3.21. The summed E-state index contributed by atoms with van der Waals surface area (Å²) in [6.45, 7) is 1.18. The van der Waals surface area contributed by atoms with Crippen molar-refractivity contribution in [2.45, 2.75) is 12.8 Å². The number of anilines is 1. The molecule has 8 nitrogen and oxygen atoms in total. The average molecular weight is 439 g/mol. The number of pyridine rings is 1. The second-order valence-corrected chi connectivity index (χ2v) is 7.87. The number of nitrogens with one attached hydrogen (secondary N) is 2. The summed E-state index contributed by atoms with van der Waals surface area (Å²) in [6.07, 6.45) is 4.89. The Labute approximate surface area is 185 Å².